The molecule has 0 fully saturated rings. The Hall–Kier alpha value is -1.30. The van der Waals surface area contributed by atoms with E-state index >= 15 is 0 Å². The molecule has 0 aliphatic carbocycles. The highest BCUT2D eigenvalue weighted by Gasteiger charge is 2.45. The van der Waals surface area contributed by atoms with Gasteiger partial charge >= 0.3 is 12.1 Å². The molecule has 0 saturated heterocycles. The van der Waals surface area contributed by atoms with E-state index in [9.17, 15) is 14.7 Å². The molecule has 1 amide bonds. The van der Waals surface area contributed by atoms with E-state index in [1.54, 1.807) is 41.5 Å². The quantitative estimate of drug-likeness (QED) is 0.813. The largest absolute Gasteiger partial charge is 0.479 e. The summed E-state index contributed by atoms with van der Waals surface area (Å²) in [6, 6.07) is -0.327. The number of carboxylic acid groups (broad SMARTS) is 1. The van der Waals surface area contributed by atoms with Gasteiger partial charge in [0.25, 0.3) is 0 Å². The Morgan fingerprint density at radius 1 is 1.20 bits per heavy atom. The molecule has 118 valence electrons. The molecule has 0 spiro atoms. The second-order valence-corrected chi connectivity index (χ2v) is 6.16. The van der Waals surface area contributed by atoms with Crippen LogP contribution in [0.4, 0.5) is 4.79 Å². The lowest BCUT2D eigenvalue weighted by Crippen LogP contribution is -2.61. The van der Waals surface area contributed by atoms with Crippen LogP contribution in [0.1, 0.15) is 48.5 Å². The van der Waals surface area contributed by atoms with Crippen LogP contribution in [-0.4, -0.2) is 52.5 Å². The first-order valence-corrected chi connectivity index (χ1v) is 6.79. The molecule has 6 heteroatoms. The van der Waals surface area contributed by atoms with Gasteiger partial charge in [-0.3, -0.25) is 4.90 Å². The summed E-state index contributed by atoms with van der Waals surface area (Å²) in [5.41, 5.74) is -2.15. The summed E-state index contributed by atoms with van der Waals surface area (Å²) in [7, 11) is 0. The Balaban J connectivity index is 5.40. The van der Waals surface area contributed by atoms with E-state index in [2.05, 4.69) is 0 Å². The summed E-state index contributed by atoms with van der Waals surface area (Å²) in [5, 5.41) is 9.50. The van der Waals surface area contributed by atoms with Crippen LogP contribution in [0, 0.1) is 0 Å². The lowest BCUT2D eigenvalue weighted by Gasteiger charge is -2.40. The van der Waals surface area contributed by atoms with Crippen molar-refractivity contribution in [1.82, 2.24) is 4.90 Å². The molecule has 0 aliphatic rings. The van der Waals surface area contributed by atoms with E-state index in [0.29, 0.717) is 6.61 Å². The second-order valence-electron chi connectivity index (χ2n) is 6.16. The predicted molar refractivity (Wildman–Crippen MR) is 75.7 cm³/mol. The second kappa shape index (κ2) is 6.92. The van der Waals surface area contributed by atoms with Crippen LogP contribution in [0.15, 0.2) is 0 Å². The van der Waals surface area contributed by atoms with Crippen molar-refractivity contribution in [1.29, 1.82) is 0 Å². The van der Waals surface area contributed by atoms with Gasteiger partial charge < -0.3 is 14.6 Å². The molecule has 1 atom stereocenters. The van der Waals surface area contributed by atoms with Gasteiger partial charge in [0, 0.05) is 12.6 Å². The van der Waals surface area contributed by atoms with Gasteiger partial charge in [-0.05, 0) is 48.5 Å². The van der Waals surface area contributed by atoms with Gasteiger partial charge in [-0.25, -0.2) is 9.59 Å². The van der Waals surface area contributed by atoms with Gasteiger partial charge in [0.2, 0.25) is 0 Å². The van der Waals surface area contributed by atoms with Gasteiger partial charge in [0.1, 0.15) is 5.60 Å². The standard InChI is InChI=1S/C14H27NO5/c1-8-19-9-14(7,11(16)17)15(10(2)3)12(18)20-13(4,5)6/h10H,8-9H2,1-7H3,(H,16,17). The topological polar surface area (TPSA) is 76.1 Å². The first-order valence-electron chi connectivity index (χ1n) is 6.79. The van der Waals surface area contributed by atoms with Crippen LogP contribution in [0.2, 0.25) is 0 Å². The highest BCUT2D eigenvalue weighted by atomic mass is 16.6. The van der Waals surface area contributed by atoms with Crippen LogP contribution in [-0.2, 0) is 14.3 Å². The van der Waals surface area contributed by atoms with Crippen molar-refractivity contribution in [3.63, 3.8) is 0 Å². The smallest absolute Gasteiger partial charge is 0.411 e. The summed E-state index contributed by atoms with van der Waals surface area (Å²) in [6.07, 6.45) is -0.655. The monoisotopic (exact) mass is 289 g/mol. The van der Waals surface area contributed by atoms with E-state index in [1.165, 1.54) is 11.8 Å². The zero-order valence-corrected chi connectivity index (χ0v) is 13.5. The summed E-state index contributed by atoms with van der Waals surface area (Å²) >= 11 is 0. The molecule has 0 aromatic rings. The molecular formula is C14H27NO5. The summed E-state index contributed by atoms with van der Waals surface area (Å²) in [4.78, 5) is 25.1. The van der Waals surface area contributed by atoms with Crippen LogP contribution in [0.5, 0.6) is 0 Å². The predicted octanol–water partition coefficient (Wildman–Crippen LogP) is 2.51. The maximum Gasteiger partial charge on any atom is 0.411 e. The van der Waals surface area contributed by atoms with Crippen molar-refractivity contribution in [3.8, 4) is 0 Å². The van der Waals surface area contributed by atoms with E-state index < -0.39 is 23.2 Å². The summed E-state index contributed by atoms with van der Waals surface area (Å²) in [5.74, 6) is -1.12. The number of carbonyl (C=O) groups is 2. The third-order valence-electron chi connectivity index (χ3n) is 2.69. The van der Waals surface area contributed by atoms with Crippen LogP contribution in [0.3, 0.4) is 0 Å². The molecule has 0 bridgehead atoms. The van der Waals surface area contributed by atoms with E-state index in [0.717, 1.165) is 0 Å². The summed E-state index contributed by atoms with van der Waals surface area (Å²) in [6.45, 7) is 12.2. The normalized spacial score (nSPS) is 14.8. The number of carboxylic acids is 1. The average Bonchev–Trinajstić information content (AvgIpc) is 2.22. The maximum absolute atomic E-state index is 12.3. The molecule has 6 nitrogen and oxygen atoms in total. The van der Waals surface area contributed by atoms with E-state index in [1.807, 2.05) is 0 Å². The minimum Gasteiger partial charge on any atom is -0.479 e. The number of aliphatic carboxylic acids is 1. The van der Waals surface area contributed by atoms with E-state index in [4.69, 9.17) is 9.47 Å². The van der Waals surface area contributed by atoms with Crippen molar-refractivity contribution in [2.75, 3.05) is 13.2 Å². The first-order chi connectivity index (χ1) is 8.95. The third kappa shape index (κ3) is 5.00. The van der Waals surface area contributed by atoms with Crippen molar-refractivity contribution in [2.24, 2.45) is 0 Å². The fourth-order valence-electron chi connectivity index (χ4n) is 1.83. The molecule has 0 rings (SSSR count). The van der Waals surface area contributed by atoms with Crippen LogP contribution in [0.25, 0.3) is 0 Å². The van der Waals surface area contributed by atoms with Crippen LogP contribution < -0.4 is 0 Å². The van der Waals surface area contributed by atoms with Gasteiger partial charge in [-0.1, -0.05) is 0 Å². The molecule has 0 aromatic heterocycles. The first kappa shape index (κ1) is 18.7. The number of nitrogens with zero attached hydrogens (tertiary/aromatic N) is 1. The molecule has 0 saturated carbocycles. The number of hydrogen-bond donors (Lipinski definition) is 1. The lowest BCUT2D eigenvalue weighted by atomic mass is 10.00. The number of rotatable bonds is 6. The molecule has 0 heterocycles. The molecule has 1 N–H and O–H groups in total. The minimum absolute atomic E-state index is 0.0870. The van der Waals surface area contributed by atoms with Gasteiger partial charge in [0.15, 0.2) is 5.54 Å². The SMILES string of the molecule is CCOCC(C)(C(=O)O)N(C(=O)OC(C)(C)C)C(C)C. The Morgan fingerprint density at radius 2 is 1.70 bits per heavy atom. The highest BCUT2D eigenvalue weighted by molar-refractivity contribution is 5.84. The Labute approximate surface area is 121 Å². The molecule has 0 radical (unpaired) electrons. The molecule has 0 aromatic carbocycles. The minimum atomic E-state index is -1.47. The van der Waals surface area contributed by atoms with Crippen molar-refractivity contribution < 1.29 is 24.2 Å². The number of carbonyl (C=O) groups excluding carboxylic acids is 1. The Morgan fingerprint density at radius 3 is 2.00 bits per heavy atom. The highest BCUT2D eigenvalue weighted by Crippen LogP contribution is 2.23. The van der Waals surface area contributed by atoms with E-state index in [-0.39, 0.29) is 12.6 Å². The molecule has 20 heavy (non-hydrogen) atoms. The number of amides is 1. The van der Waals surface area contributed by atoms with Crippen molar-refractivity contribution in [3.05, 3.63) is 0 Å². The lowest BCUT2D eigenvalue weighted by molar-refractivity contribution is -0.155. The fraction of sp³-hybridized carbons (Fsp3) is 0.857. The van der Waals surface area contributed by atoms with Gasteiger partial charge in [-0.15, -0.1) is 0 Å². The number of hydrogen-bond acceptors (Lipinski definition) is 4. The Kier molecular flexibility index (Phi) is 6.47. The van der Waals surface area contributed by atoms with Crippen molar-refractivity contribution in [2.45, 2.75) is 65.6 Å². The summed E-state index contributed by atoms with van der Waals surface area (Å²) < 4.78 is 10.5. The molecule has 1 unspecified atom stereocenters. The zero-order valence-electron chi connectivity index (χ0n) is 13.5. The zero-order chi connectivity index (χ0) is 16.1. The van der Waals surface area contributed by atoms with Crippen LogP contribution >= 0.6 is 0 Å². The maximum atomic E-state index is 12.3. The van der Waals surface area contributed by atoms with Crippen molar-refractivity contribution >= 4 is 12.1 Å². The fourth-order valence-corrected chi connectivity index (χ4v) is 1.83. The molecular weight excluding hydrogens is 262 g/mol. The number of ether oxygens (including phenoxy) is 2. The van der Waals surface area contributed by atoms with Gasteiger partial charge in [-0.2, -0.15) is 0 Å². The average molecular weight is 289 g/mol. The van der Waals surface area contributed by atoms with Gasteiger partial charge in [0.05, 0.1) is 6.61 Å². The third-order valence-corrected chi connectivity index (χ3v) is 2.69. The molecule has 0 aliphatic heterocycles. The Bertz CT molecular complexity index is 348.